The van der Waals surface area contributed by atoms with Crippen molar-refractivity contribution >= 4 is 5.97 Å². The maximum absolute atomic E-state index is 12.4. The molecule has 0 aliphatic rings. The lowest BCUT2D eigenvalue weighted by molar-refractivity contribution is -0.145. The van der Waals surface area contributed by atoms with Crippen LogP contribution >= 0.6 is 0 Å². The largest absolute Gasteiger partial charge is 0.457 e. The highest BCUT2D eigenvalue weighted by Crippen LogP contribution is 2.04. The number of aromatic nitrogens is 3. The van der Waals surface area contributed by atoms with Crippen molar-refractivity contribution in [3.8, 4) is 24.7 Å². The zero-order valence-electron chi connectivity index (χ0n) is 14.2. The van der Waals surface area contributed by atoms with Crippen molar-refractivity contribution in [2.75, 3.05) is 0 Å². The molecule has 1 aromatic rings. The number of carbonyl (C=O) groups is 1. The second-order valence-corrected chi connectivity index (χ2v) is 5.25. The van der Waals surface area contributed by atoms with Crippen LogP contribution in [0.25, 0.3) is 0 Å². The van der Waals surface area contributed by atoms with Crippen LogP contribution < -0.4 is 17.1 Å². The van der Waals surface area contributed by atoms with Gasteiger partial charge in [0, 0.05) is 5.57 Å². The first kappa shape index (κ1) is 19.8. The van der Waals surface area contributed by atoms with Gasteiger partial charge in [0.1, 0.15) is 6.10 Å². The Hall–Kier alpha value is -3.26. The zero-order valence-corrected chi connectivity index (χ0v) is 14.2. The maximum Gasteiger partial charge on any atom is 0.338 e. The van der Waals surface area contributed by atoms with Crippen LogP contribution in [0.3, 0.4) is 0 Å². The van der Waals surface area contributed by atoms with Crippen molar-refractivity contribution in [2.24, 2.45) is 0 Å². The van der Waals surface area contributed by atoms with Gasteiger partial charge in [0.2, 0.25) is 0 Å². The van der Waals surface area contributed by atoms with Crippen LogP contribution in [0.15, 0.2) is 26.5 Å². The number of rotatable bonds is 7. The molecule has 0 aromatic carbocycles. The second kappa shape index (κ2) is 8.55. The summed E-state index contributed by atoms with van der Waals surface area (Å²) in [6.07, 6.45) is 9.93. The van der Waals surface area contributed by atoms with Crippen LogP contribution in [-0.2, 0) is 29.2 Å². The average Bonchev–Trinajstić information content (AvgIpc) is 2.57. The first-order valence-corrected chi connectivity index (χ1v) is 7.46. The van der Waals surface area contributed by atoms with E-state index in [4.69, 9.17) is 17.6 Å². The van der Waals surface area contributed by atoms with Gasteiger partial charge in [0.25, 0.3) is 0 Å². The highest BCUT2D eigenvalue weighted by Gasteiger charge is 2.20. The van der Waals surface area contributed by atoms with Crippen LogP contribution in [0, 0.1) is 24.7 Å². The molecule has 8 heteroatoms. The summed E-state index contributed by atoms with van der Waals surface area (Å²) in [6, 6.07) is 0. The molecular weight excluding hydrogens is 326 g/mol. The van der Waals surface area contributed by atoms with E-state index in [-0.39, 0.29) is 25.2 Å². The second-order valence-electron chi connectivity index (χ2n) is 5.25. The Morgan fingerprint density at radius 3 is 1.88 bits per heavy atom. The Morgan fingerprint density at radius 1 is 1.08 bits per heavy atom. The number of hydrogen-bond acceptors (Lipinski definition) is 5. The van der Waals surface area contributed by atoms with Crippen molar-refractivity contribution in [1.29, 1.82) is 0 Å². The molecule has 0 bridgehead atoms. The van der Waals surface area contributed by atoms with Crippen molar-refractivity contribution in [1.82, 2.24) is 13.7 Å². The van der Waals surface area contributed by atoms with Gasteiger partial charge in [-0.1, -0.05) is 25.3 Å². The molecule has 1 aromatic heterocycles. The van der Waals surface area contributed by atoms with E-state index < -0.39 is 29.1 Å². The van der Waals surface area contributed by atoms with E-state index in [2.05, 4.69) is 18.4 Å². The Labute approximate surface area is 144 Å². The van der Waals surface area contributed by atoms with E-state index in [9.17, 15) is 19.2 Å². The summed E-state index contributed by atoms with van der Waals surface area (Å²) >= 11 is 0. The van der Waals surface area contributed by atoms with Gasteiger partial charge in [-0.15, -0.1) is 12.8 Å². The predicted octanol–water partition coefficient (Wildman–Crippen LogP) is -0.664. The standard InChI is InChI=1S/C17H19N3O5/c1-6-9-18-15(22)19(10-7-2)17(24)20(16(18)23)11-13(8-3)25-14(21)12(4)5/h1-2,13H,4,8-11H2,3,5H3. The number of nitrogens with zero attached hydrogens (tertiary/aromatic N) is 3. The lowest BCUT2D eigenvalue weighted by Crippen LogP contribution is -2.55. The molecule has 1 rings (SSSR count). The van der Waals surface area contributed by atoms with Crippen LogP contribution in [0.5, 0.6) is 0 Å². The molecule has 25 heavy (non-hydrogen) atoms. The number of ether oxygens (including phenoxy) is 1. The van der Waals surface area contributed by atoms with Crippen molar-refractivity contribution < 1.29 is 9.53 Å². The predicted molar refractivity (Wildman–Crippen MR) is 91.9 cm³/mol. The average molecular weight is 345 g/mol. The minimum absolute atomic E-state index is 0.188. The van der Waals surface area contributed by atoms with E-state index in [1.54, 1.807) is 6.92 Å². The molecule has 0 radical (unpaired) electrons. The lowest BCUT2D eigenvalue weighted by Gasteiger charge is -2.18. The molecule has 0 spiro atoms. The van der Waals surface area contributed by atoms with Crippen LogP contribution in [0.2, 0.25) is 0 Å². The molecule has 132 valence electrons. The third-order valence-corrected chi connectivity index (χ3v) is 3.35. The fraction of sp³-hybridized carbons (Fsp3) is 0.412. The first-order valence-electron chi connectivity index (χ1n) is 7.46. The maximum atomic E-state index is 12.4. The Morgan fingerprint density at radius 2 is 1.52 bits per heavy atom. The number of hydrogen-bond donors (Lipinski definition) is 0. The third kappa shape index (κ3) is 4.39. The van der Waals surface area contributed by atoms with Gasteiger partial charge in [0.05, 0.1) is 19.6 Å². The van der Waals surface area contributed by atoms with Gasteiger partial charge >= 0.3 is 23.0 Å². The molecule has 1 heterocycles. The zero-order chi connectivity index (χ0) is 19.1. The van der Waals surface area contributed by atoms with Crippen molar-refractivity contribution in [2.45, 2.75) is 46.0 Å². The fourth-order valence-electron chi connectivity index (χ4n) is 2.00. The van der Waals surface area contributed by atoms with Gasteiger partial charge in [-0.05, 0) is 13.3 Å². The highest BCUT2D eigenvalue weighted by atomic mass is 16.5. The summed E-state index contributed by atoms with van der Waals surface area (Å²) in [5.74, 6) is 3.73. The molecule has 0 aliphatic carbocycles. The third-order valence-electron chi connectivity index (χ3n) is 3.35. The van der Waals surface area contributed by atoms with E-state index in [0.29, 0.717) is 6.42 Å². The summed E-state index contributed by atoms with van der Waals surface area (Å²) < 4.78 is 7.43. The number of terminal acetylenes is 2. The molecule has 0 saturated carbocycles. The molecule has 0 amide bonds. The van der Waals surface area contributed by atoms with Gasteiger partial charge in [-0.25, -0.2) is 32.9 Å². The van der Waals surface area contributed by atoms with Gasteiger partial charge in [-0.2, -0.15) is 0 Å². The monoisotopic (exact) mass is 345 g/mol. The molecule has 1 unspecified atom stereocenters. The minimum atomic E-state index is -0.883. The minimum Gasteiger partial charge on any atom is -0.457 e. The quantitative estimate of drug-likeness (QED) is 0.371. The number of carbonyl (C=O) groups excluding carboxylic acids is 1. The smallest absolute Gasteiger partial charge is 0.338 e. The molecule has 1 atom stereocenters. The molecule has 0 N–H and O–H groups in total. The molecular formula is C17H19N3O5. The van der Waals surface area contributed by atoms with Crippen molar-refractivity contribution in [3.63, 3.8) is 0 Å². The molecule has 8 nitrogen and oxygen atoms in total. The normalized spacial score (nSPS) is 11.2. The fourth-order valence-corrected chi connectivity index (χ4v) is 2.00. The van der Waals surface area contributed by atoms with Crippen LogP contribution in [0.4, 0.5) is 0 Å². The van der Waals surface area contributed by atoms with E-state index in [0.717, 1.165) is 13.7 Å². The summed E-state index contributed by atoms with van der Waals surface area (Å²) in [4.78, 5) is 48.7. The van der Waals surface area contributed by atoms with Gasteiger partial charge in [0.15, 0.2) is 0 Å². The van der Waals surface area contributed by atoms with E-state index >= 15 is 0 Å². The highest BCUT2D eigenvalue weighted by molar-refractivity contribution is 5.87. The lowest BCUT2D eigenvalue weighted by atomic mass is 10.2. The topological polar surface area (TPSA) is 92.3 Å². The molecule has 0 aliphatic heterocycles. The molecule has 0 fully saturated rings. The van der Waals surface area contributed by atoms with Gasteiger partial charge < -0.3 is 4.74 Å². The summed E-state index contributed by atoms with van der Waals surface area (Å²) in [5.41, 5.74) is -2.46. The van der Waals surface area contributed by atoms with E-state index in [1.807, 2.05) is 0 Å². The first-order chi connectivity index (χ1) is 11.8. The Balaban J connectivity index is 3.46. The van der Waals surface area contributed by atoms with Crippen LogP contribution in [-0.4, -0.2) is 25.8 Å². The van der Waals surface area contributed by atoms with E-state index in [1.165, 1.54) is 6.92 Å². The Bertz CT molecular complexity index is 879. The van der Waals surface area contributed by atoms with Crippen molar-refractivity contribution in [3.05, 3.63) is 43.6 Å². The summed E-state index contributed by atoms with van der Waals surface area (Å²) in [6.45, 7) is 5.81. The Kier molecular flexibility index (Phi) is 6.77. The summed E-state index contributed by atoms with van der Waals surface area (Å²) in [5, 5.41) is 0. The van der Waals surface area contributed by atoms with Gasteiger partial charge in [-0.3, -0.25) is 0 Å². The summed E-state index contributed by atoms with van der Waals surface area (Å²) in [7, 11) is 0. The molecule has 0 saturated heterocycles. The van der Waals surface area contributed by atoms with Crippen LogP contribution in [0.1, 0.15) is 20.3 Å². The number of esters is 1. The SMILES string of the molecule is C#CCn1c(=O)n(CC#C)c(=O)n(CC(CC)OC(=O)C(=C)C)c1=O.